The van der Waals surface area contributed by atoms with Crippen LogP contribution in [0.15, 0.2) is 0 Å². The molecule has 1 aliphatic heterocycles. The van der Waals surface area contributed by atoms with E-state index in [1.807, 2.05) is 13.8 Å². The summed E-state index contributed by atoms with van der Waals surface area (Å²) in [4.78, 5) is 2.26. The highest BCUT2D eigenvalue weighted by molar-refractivity contribution is 4.97. The van der Waals surface area contributed by atoms with E-state index in [0.29, 0.717) is 0 Å². The van der Waals surface area contributed by atoms with Crippen molar-refractivity contribution in [2.24, 2.45) is 5.73 Å². The Morgan fingerprint density at radius 3 is 2.30 bits per heavy atom. The molecule has 0 amide bonds. The van der Waals surface area contributed by atoms with Crippen molar-refractivity contribution in [3.8, 4) is 12.0 Å². The molecule has 10 heavy (non-hydrogen) atoms. The van der Waals surface area contributed by atoms with Crippen LogP contribution in [0.1, 0.15) is 20.3 Å². The van der Waals surface area contributed by atoms with Gasteiger partial charge in [0, 0.05) is 19.1 Å². The second kappa shape index (κ2) is 6.44. The highest BCUT2D eigenvalue weighted by Gasteiger charge is 2.10. The zero-order valence-corrected chi connectivity index (χ0v) is 6.85. The predicted molar refractivity (Wildman–Crippen MR) is 44.4 cm³/mol. The molecule has 0 spiro atoms. The van der Waals surface area contributed by atoms with Gasteiger partial charge in [-0.25, -0.2) is 0 Å². The Hall–Kier alpha value is -0.680. The van der Waals surface area contributed by atoms with E-state index in [9.17, 15) is 0 Å². The molecule has 1 heterocycles. The second-order valence-electron chi connectivity index (χ2n) is 1.95. The predicted octanol–water partition coefficient (Wildman–Crippen LogP) is 0.638. The maximum atomic E-state index is 4.97. The standard InChI is InChI=1S/C6H10N2.C2H6/c7-3-1-4-8-5-2-6-8;1-2/h2,4-7H2;1-2H3. The molecule has 0 aliphatic carbocycles. The van der Waals surface area contributed by atoms with Crippen molar-refractivity contribution in [1.82, 2.24) is 4.90 Å². The summed E-state index contributed by atoms with van der Waals surface area (Å²) in [5, 5.41) is 0. The van der Waals surface area contributed by atoms with Crippen LogP contribution in [0.25, 0.3) is 0 Å². The lowest BCUT2D eigenvalue weighted by Gasteiger charge is -2.28. The Morgan fingerprint density at radius 1 is 1.40 bits per heavy atom. The maximum absolute atomic E-state index is 4.97. The summed E-state index contributed by atoms with van der Waals surface area (Å²) < 4.78 is 0. The first-order valence-corrected chi connectivity index (χ1v) is 3.84. The lowest BCUT2D eigenvalue weighted by Crippen LogP contribution is -2.37. The molecule has 0 radical (unpaired) electrons. The van der Waals surface area contributed by atoms with Crippen LogP contribution in [-0.2, 0) is 0 Å². The zero-order chi connectivity index (χ0) is 7.82. The minimum Gasteiger partial charge on any atom is -0.359 e. The van der Waals surface area contributed by atoms with Crippen molar-refractivity contribution < 1.29 is 0 Å². The summed E-state index contributed by atoms with van der Waals surface area (Å²) in [5.74, 6) is 2.80. The van der Waals surface area contributed by atoms with Crippen LogP contribution in [0, 0.1) is 12.0 Å². The summed E-state index contributed by atoms with van der Waals surface area (Å²) in [6.07, 6.45) is 1.33. The number of likely N-dealkylation sites (tertiary alicyclic amines) is 1. The number of rotatable bonds is 1. The van der Waals surface area contributed by atoms with Crippen LogP contribution in [0.4, 0.5) is 0 Å². The van der Waals surface area contributed by atoms with Crippen molar-refractivity contribution in [3.05, 3.63) is 0 Å². The van der Waals surface area contributed by atoms with Gasteiger partial charge in [-0.15, -0.1) is 0 Å². The highest BCUT2D eigenvalue weighted by atomic mass is 15.2. The van der Waals surface area contributed by atoms with E-state index in [1.165, 1.54) is 19.5 Å². The van der Waals surface area contributed by atoms with E-state index >= 15 is 0 Å². The van der Waals surface area contributed by atoms with Crippen molar-refractivity contribution in [2.75, 3.05) is 19.6 Å². The molecule has 2 nitrogen and oxygen atoms in total. The minimum absolute atomic E-state index is 0.858. The van der Waals surface area contributed by atoms with E-state index in [0.717, 1.165) is 6.54 Å². The first kappa shape index (κ1) is 9.32. The van der Waals surface area contributed by atoms with Gasteiger partial charge in [-0.3, -0.25) is 4.90 Å². The molecule has 1 saturated heterocycles. The van der Waals surface area contributed by atoms with Crippen LogP contribution >= 0.6 is 0 Å². The third kappa shape index (κ3) is 3.37. The van der Waals surface area contributed by atoms with Crippen LogP contribution in [-0.4, -0.2) is 24.5 Å². The summed E-state index contributed by atoms with van der Waals surface area (Å²) in [7, 11) is 0. The van der Waals surface area contributed by atoms with Crippen molar-refractivity contribution in [2.45, 2.75) is 20.3 Å². The smallest absolute Gasteiger partial charge is 0.0619 e. The molecule has 0 aromatic rings. The van der Waals surface area contributed by atoms with E-state index in [4.69, 9.17) is 5.73 Å². The van der Waals surface area contributed by atoms with E-state index in [1.54, 1.807) is 0 Å². The molecule has 1 fully saturated rings. The maximum Gasteiger partial charge on any atom is 0.0619 e. The van der Waals surface area contributed by atoms with Gasteiger partial charge in [-0.05, 0) is 6.42 Å². The van der Waals surface area contributed by atoms with Gasteiger partial charge in [0.2, 0.25) is 0 Å². The number of hydrogen-bond donors (Lipinski definition) is 1. The van der Waals surface area contributed by atoms with E-state index < -0.39 is 0 Å². The lowest BCUT2D eigenvalue weighted by atomic mass is 10.2. The molecular weight excluding hydrogens is 124 g/mol. The number of nitrogens with two attached hydrogens (primary N) is 1. The average molecular weight is 140 g/mol. The van der Waals surface area contributed by atoms with Crippen LogP contribution in [0.3, 0.4) is 0 Å². The molecule has 0 unspecified atom stereocenters. The van der Waals surface area contributed by atoms with Crippen LogP contribution in [0.5, 0.6) is 0 Å². The molecule has 58 valence electrons. The average Bonchev–Trinajstić information content (AvgIpc) is 1.90. The van der Waals surface area contributed by atoms with Gasteiger partial charge < -0.3 is 5.73 Å². The van der Waals surface area contributed by atoms with Crippen molar-refractivity contribution >= 4 is 0 Å². The zero-order valence-electron chi connectivity index (χ0n) is 6.85. The van der Waals surface area contributed by atoms with Crippen LogP contribution < -0.4 is 5.73 Å². The van der Waals surface area contributed by atoms with Gasteiger partial charge in [-0.2, -0.15) is 0 Å². The normalized spacial score (nSPS) is 15.4. The third-order valence-electron chi connectivity index (χ3n) is 1.35. The summed E-state index contributed by atoms with van der Waals surface area (Å²) in [6, 6.07) is 2.38. The molecule has 0 bridgehead atoms. The number of nitrogens with zero attached hydrogens (tertiary/aromatic N) is 1. The summed E-state index contributed by atoms with van der Waals surface area (Å²) in [5.41, 5.74) is 4.97. The fraction of sp³-hybridized carbons (Fsp3) is 0.750. The highest BCUT2D eigenvalue weighted by Crippen LogP contribution is 2.02. The molecule has 2 heteroatoms. The molecule has 2 N–H and O–H groups in total. The Bertz CT molecular complexity index is 117. The Kier molecular flexibility index (Phi) is 6.00. The SMILES string of the molecule is CC.NC#CCN1CCC1. The Balaban J connectivity index is 0.000000371. The number of hydrogen-bond acceptors (Lipinski definition) is 2. The molecule has 0 saturated carbocycles. The first-order chi connectivity index (χ1) is 4.93. The minimum atomic E-state index is 0.858. The van der Waals surface area contributed by atoms with E-state index in [2.05, 4.69) is 16.9 Å². The fourth-order valence-corrected chi connectivity index (χ4v) is 0.697. The molecule has 0 aromatic heterocycles. The fourth-order valence-electron chi connectivity index (χ4n) is 0.697. The van der Waals surface area contributed by atoms with Gasteiger partial charge in [0.05, 0.1) is 6.54 Å². The first-order valence-electron chi connectivity index (χ1n) is 3.84. The Labute approximate surface area is 63.4 Å². The van der Waals surface area contributed by atoms with Crippen molar-refractivity contribution in [3.63, 3.8) is 0 Å². The van der Waals surface area contributed by atoms with Gasteiger partial charge in [0.25, 0.3) is 0 Å². The summed E-state index contributed by atoms with van der Waals surface area (Å²) >= 11 is 0. The molecule has 0 atom stereocenters. The summed E-state index contributed by atoms with van der Waals surface area (Å²) in [6.45, 7) is 7.26. The van der Waals surface area contributed by atoms with Gasteiger partial charge in [0.1, 0.15) is 0 Å². The molecule has 0 aromatic carbocycles. The Morgan fingerprint density at radius 2 is 2.00 bits per heavy atom. The molecular formula is C8H16N2. The topological polar surface area (TPSA) is 29.3 Å². The quantitative estimate of drug-likeness (QED) is 0.428. The third-order valence-corrected chi connectivity index (χ3v) is 1.35. The largest absolute Gasteiger partial charge is 0.359 e. The van der Waals surface area contributed by atoms with Crippen molar-refractivity contribution in [1.29, 1.82) is 0 Å². The molecule has 1 rings (SSSR count). The van der Waals surface area contributed by atoms with Gasteiger partial charge in [0.15, 0.2) is 0 Å². The lowest BCUT2D eigenvalue weighted by molar-refractivity contribution is 0.207. The van der Waals surface area contributed by atoms with Crippen LogP contribution in [0.2, 0.25) is 0 Å². The molecule has 1 aliphatic rings. The van der Waals surface area contributed by atoms with Gasteiger partial charge in [-0.1, -0.05) is 19.8 Å². The van der Waals surface area contributed by atoms with Gasteiger partial charge >= 0.3 is 0 Å². The van der Waals surface area contributed by atoms with E-state index in [-0.39, 0.29) is 0 Å². The monoisotopic (exact) mass is 140 g/mol. The second-order valence-corrected chi connectivity index (χ2v) is 1.95.